The van der Waals surface area contributed by atoms with Crippen molar-refractivity contribution in [3.8, 4) is 11.5 Å². The van der Waals surface area contributed by atoms with E-state index in [1.807, 2.05) is 53.9 Å². The van der Waals surface area contributed by atoms with Gasteiger partial charge in [-0.1, -0.05) is 6.07 Å². The van der Waals surface area contributed by atoms with E-state index in [1.165, 1.54) is 6.08 Å². The second-order valence-electron chi connectivity index (χ2n) is 8.83. The second-order valence-corrected chi connectivity index (χ2v) is 8.83. The van der Waals surface area contributed by atoms with E-state index < -0.39 is 11.7 Å². The van der Waals surface area contributed by atoms with Gasteiger partial charge in [-0.25, -0.2) is 4.79 Å². The van der Waals surface area contributed by atoms with Gasteiger partial charge in [0.05, 0.1) is 7.11 Å². The molecule has 166 valence electrons. The summed E-state index contributed by atoms with van der Waals surface area (Å²) in [5, 5.41) is 2.90. The number of benzene rings is 1. The molecule has 0 aromatic heterocycles. The summed E-state index contributed by atoms with van der Waals surface area (Å²) in [5.41, 5.74) is 0.744. The zero-order valence-electron chi connectivity index (χ0n) is 19.1. The number of carbonyl (C=O) groups excluding carboxylic acids is 2. The third kappa shape index (κ3) is 6.68. The topological polar surface area (TPSA) is 77.1 Å². The molecule has 1 saturated carbocycles. The zero-order chi connectivity index (χ0) is 22.5. The lowest BCUT2D eigenvalue weighted by Crippen LogP contribution is -2.38. The first-order chi connectivity index (χ1) is 14.0. The molecule has 7 nitrogen and oxygen atoms in total. The van der Waals surface area contributed by atoms with Crippen molar-refractivity contribution in [1.82, 2.24) is 10.2 Å². The van der Waals surface area contributed by atoms with Crippen LogP contribution in [0.3, 0.4) is 0 Å². The first kappa shape index (κ1) is 23.6. The molecule has 0 aliphatic heterocycles. The van der Waals surface area contributed by atoms with Crippen LogP contribution in [-0.2, 0) is 4.74 Å². The van der Waals surface area contributed by atoms with Crippen molar-refractivity contribution in [2.75, 3.05) is 21.2 Å². The molecular formula is C23H34N2O5. The fourth-order valence-electron chi connectivity index (χ4n) is 3.40. The number of hydrogen-bond acceptors (Lipinski definition) is 6. The Morgan fingerprint density at radius 2 is 1.90 bits per heavy atom. The van der Waals surface area contributed by atoms with E-state index in [2.05, 4.69) is 5.32 Å². The predicted octanol–water partition coefficient (Wildman–Crippen LogP) is 4.09. The Balaban J connectivity index is 2.13. The van der Waals surface area contributed by atoms with Crippen molar-refractivity contribution in [3.05, 3.63) is 35.5 Å². The number of hydrogen-bond donors (Lipinski definition) is 1. The van der Waals surface area contributed by atoms with E-state index in [4.69, 9.17) is 14.2 Å². The van der Waals surface area contributed by atoms with Crippen LogP contribution in [0.25, 0.3) is 0 Å². The van der Waals surface area contributed by atoms with E-state index in [0.717, 1.165) is 18.4 Å². The van der Waals surface area contributed by atoms with Crippen LogP contribution < -0.4 is 14.8 Å². The summed E-state index contributed by atoms with van der Waals surface area (Å²) < 4.78 is 17.0. The Morgan fingerprint density at radius 1 is 1.20 bits per heavy atom. The molecule has 1 aromatic rings. The molecule has 0 radical (unpaired) electrons. The van der Waals surface area contributed by atoms with E-state index in [0.29, 0.717) is 23.5 Å². The Hall–Kier alpha value is -2.70. The van der Waals surface area contributed by atoms with E-state index in [9.17, 15) is 9.59 Å². The monoisotopic (exact) mass is 418 g/mol. The summed E-state index contributed by atoms with van der Waals surface area (Å²) in [6, 6.07) is 3.67. The molecule has 1 amide bonds. The Bertz CT molecular complexity index is 796. The molecule has 2 rings (SSSR count). The van der Waals surface area contributed by atoms with Crippen molar-refractivity contribution < 1.29 is 23.8 Å². The van der Waals surface area contributed by atoms with Gasteiger partial charge < -0.3 is 24.4 Å². The third-order valence-corrected chi connectivity index (χ3v) is 4.69. The number of nitrogens with zero attached hydrogens (tertiary/aromatic N) is 1. The molecule has 0 unspecified atom stereocenters. The van der Waals surface area contributed by atoms with Crippen LogP contribution >= 0.6 is 0 Å². The molecule has 30 heavy (non-hydrogen) atoms. The van der Waals surface area contributed by atoms with Crippen molar-refractivity contribution in [2.24, 2.45) is 0 Å². The summed E-state index contributed by atoms with van der Waals surface area (Å²) in [7, 11) is 5.25. The number of carbonyl (C=O) groups is 2. The van der Waals surface area contributed by atoms with Crippen molar-refractivity contribution in [2.45, 2.75) is 64.7 Å². The van der Waals surface area contributed by atoms with Gasteiger partial charge in [0.25, 0.3) is 0 Å². The maximum Gasteiger partial charge on any atom is 0.407 e. The van der Waals surface area contributed by atoms with Crippen LogP contribution in [-0.4, -0.2) is 55.7 Å². The quantitative estimate of drug-likeness (QED) is 0.531. The molecule has 0 heterocycles. The number of ether oxygens (including phenoxy) is 3. The molecule has 2 atom stereocenters. The number of methoxy groups -OCH3 is 1. The largest absolute Gasteiger partial charge is 0.496 e. The molecule has 1 aliphatic carbocycles. The van der Waals surface area contributed by atoms with Crippen LogP contribution in [0.1, 0.15) is 56.0 Å². The van der Waals surface area contributed by atoms with Crippen molar-refractivity contribution in [3.63, 3.8) is 0 Å². The fourth-order valence-corrected chi connectivity index (χ4v) is 3.40. The van der Waals surface area contributed by atoms with Gasteiger partial charge in [-0.3, -0.25) is 4.79 Å². The average Bonchev–Trinajstić information content (AvgIpc) is 3.05. The van der Waals surface area contributed by atoms with Gasteiger partial charge in [0, 0.05) is 38.8 Å². The first-order valence-electron chi connectivity index (χ1n) is 10.2. The van der Waals surface area contributed by atoms with Crippen LogP contribution in [0.2, 0.25) is 0 Å². The fraction of sp³-hybridized carbons (Fsp3) is 0.565. The highest BCUT2D eigenvalue weighted by Gasteiger charge is 2.30. The highest BCUT2D eigenvalue weighted by Crippen LogP contribution is 2.35. The number of aryl methyl sites for hydroxylation is 1. The lowest BCUT2D eigenvalue weighted by Gasteiger charge is -2.22. The van der Waals surface area contributed by atoms with Gasteiger partial charge in [0.1, 0.15) is 28.8 Å². The normalized spacial score (nSPS) is 18.9. The van der Waals surface area contributed by atoms with E-state index in [1.54, 1.807) is 18.2 Å². The maximum atomic E-state index is 12.9. The smallest absolute Gasteiger partial charge is 0.407 e. The predicted molar refractivity (Wildman–Crippen MR) is 116 cm³/mol. The number of alkyl carbamates (subject to hydrolysis) is 1. The lowest BCUT2D eigenvalue weighted by atomic mass is 10.0. The molecule has 1 fully saturated rings. The number of allylic oxidation sites excluding steroid dienone is 1. The van der Waals surface area contributed by atoms with Crippen LogP contribution in [0, 0.1) is 6.92 Å². The minimum atomic E-state index is -0.535. The van der Waals surface area contributed by atoms with Gasteiger partial charge in [-0.15, -0.1) is 0 Å². The molecule has 1 N–H and O–H groups in total. The minimum Gasteiger partial charge on any atom is -0.496 e. The minimum absolute atomic E-state index is 0.0232. The number of nitrogens with one attached hydrogen (secondary N) is 1. The van der Waals surface area contributed by atoms with Gasteiger partial charge in [0.2, 0.25) is 0 Å². The highest BCUT2D eigenvalue weighted by molar-refractivity contribution is 6.08. The number of ketones is 1. The summed E-state index contributed by atoms with van der Waals surface area (Å²) >= 11 is 0. The second kappa shape index (κ2) is 9.87. The molecular weight excluding hydrogens is 384 g/mol. The number of amides is 1. The van der Waals surface area contributed by atoms with Crippen molar-refractivity contribution >= 4 is 11.9 Å². The summed E-state index contributed by atoms with van der Waals surface area (Å²) in [6.07, 6.45) is 4.89. The standard InChI is InChI=1S/C23H34N2O5/c1-15-8-11-19(20(21(15)28-7)18(26)12-13-25(5)6)29-17-10-9-16(14-17)24-22(27)30-23(2,3)4/h8,11-13,16-17H,9-10,14H2,1-7H3,(H,24,27)/b13-12+/t16-,17+/m0/s1. The molecule has 0 saturated heterocycles. The lowest BCUT2D eigenvalue weighted by molar-refractivity contribution is 0.0503. The van der Waals surface area contributed by atoms with Gasteiger partial charge in [0.15, 0.2) is 5.78 Å². The highest BCUT2D eigenvalue weighted by atomic mass is 16.6. The van der Waals surface area contributed by atoms with E-state index >= 15 is 0 Å². The van der Waals surface area contributed by atoms with E-state index in [-0.39, 0.29) is 17.9 Å². The van der Waals surface area contributed by atoms with Crippen LogP contribution in [0.15, 0.2) is 24.4 Å². The van der Waals surface area contributed by atoms with Crippen molar-refractivity contribution in [1.29, 1.82) is 0 Å². The van der Waals surface area contributed by atoms with Gasteiger partial charge in [-0.2, -0.15) is 0 Å². The Labute approximate surface area is 179 Å². The summed E-state index contributed by atoms with van der Waals surface area (Å²) in [4.78, 5) is 26.7. The molecule has 1 aliphatic rings. The molecule has 0 spiro atoms. The molecule has 1 aromatic carbocycles. The maximum absolute atomic E-state index is 12.9. The van der Waals surface area contributed by atoms with Crippen LogP contribution in [0.5, 0.6) is 11.5 Å². The SMILES string of the molecule is COc1c(C)ccc(O[C@@H]2CC[C@H](NC(=O)OC(C)(C)C)C2)c1C(=O)/C=C/N(C)C. The van der Waals surface area contributed by atoms with Gasteiger partial charge in [-0.05, 0) is 52.2 Å². The van der Waals surface area contributed by atoms with Crippen LogP contribution in [0.4, 0.5) is 4.79 Å². The zero-order valence-corrected chi connectivity index (χ0v) is 19.1. The number of rotatable bonds is 7. The van der Waals surface area contributed by atoms with Gasteiger partial charge >= 0.3 is 6.09 Å². The first-order valence-corrected chi connectivity index (χ1v) is 10.2. The Morgan fingerprint density at radius 3 is 2.50 bits per heavy atom. The molecule has 7 heteroatoms. The molecule has 0 bridgehead atoms. The Kier molecular flexibility index (Phi) is 7.76. The summed E-state index contributed by atoms with van der Waals surface area (Å²) in [6.45, 7) is 7.40. The third-order valence-electron chi connectivity index (χ3n) is 4.69. The average molecular weight is 419 g/mol. The summed E-state index contributed by atoms with van der Waals surface area (Å²) in [5.74, 6) is 0.830.